The summed E-state index contributed by atoms with van der Waals surface area (Å²) in [5.41, 5.74) is 0.723. The highest BCUT2D eigenvalue weighted by Gasteiger charge is 2.33. The molecule has 1 atom stereocenters. The zero-order valence-corrected chi connectivity index (χ0v) is 18.3. The molecule has 2 heterocycles. The summed E-state index contributed by atoms with van der Waals surface area (Å²) < 4.78 is 28.1. The van der Waals surface area contributed by atoms with Crippen molar-refractivity contribution in [3.05, 3.63) is 18.2 Å². The molecular formula is C20H29N3O3S2. The lowest BCUT2D eigenvalue weighted by Gasteiger charge is -2.37. The topological polar surface area (TPSA) is 60.9 Å². The Morgan fingerprint density at radius 1 is 1.11 bits per heavy atom. The van der Waals surface area contributed by atoms with Gasteiger partial charge in [0.25, 0.3) is 0 Å². The highest BCUT2D eigenvalue weighted by atomic mass is 32.2. The second-order valence-corrected chi connectivity index (χ2v) is 11.5. The standard InChI is InChI=1S/C20H29N3O3S2/c1-15-14-23(16(2)24)19-13-18(7-8-20(19)27-15)28(25,26)22-11-9-21(10-12-22)17-5-3-4-6-17/h7-8,13,15,17H,3-6,9-12,14H2,1-2H3/t15-/m0/s1. The van der Waals surface area contributed by atoms with Crippen molar-refractivity contribution in [1.29, 1.82) is 0 Å². The molecule has 3 aliphatic rings. The molecule has 1 aromatic rings. The summed E-state index contributed by atoms with van der Waals surface area (Å²) >= 11 is 1.69. The molecule has 2 aliphatic heterocycles. The smallest absolute Gasteiger partial charge is 0.243 e. The van der Waals surface area contributed by atoms with Crippen molar-refractivity contribution in [1.82, 2.24) is 9.21 Å². The van der Waals surface area contributed by atoms with Crippen LogP contribution >= 0.6 is 11.8 Å². The van der Waals surface area contributed by atoms with E-state index in [4.69, 9.17) is 0 Å². The van der Waals surface area contributed by atoms with Crippen molar-refractivity contribution in [3.63, 3.8) is 0 Å². The predicted octanol–water partition coefficient (Wildman–Crippen LogP) is 2.78. The molecule has 0 aromatic heterocycles. The van der Waals surface area contributed by atoms with Gasteiger partial charge in [-0.1, -0.05) is 19.8 Å². The fourth-order valence-corrected chi connectivity index (χ4v) is 7.14. The van der Waals surface area contributed by atoms with Gasteiger partial charge in [0, 0.05) is 55.8 Å². The average molecular weight is 424 g/mol. The van der Waals surface area contributed by atoms with Crippen LogP contribution in [0, 0.1) is 0 Å². The van der Waals surface area contributed by atoms with E-state index in [9.17, 15) is 13.2 Å². The van der Waals surface area contributed by atoms with Crippen LogP contribution in [0.4, 0.5) is 5.69 Å². The van der Waals surface area contributed by atoms with E-state index in [-0.39, 0.29) is 5.91 Å². The van der Waals surface area contributed by atoms with Gasteiger partial charge in [-0.25, -0.2) is 8.42 Å². The van der Waals surface area contributed by atoms with Gasteiger partial charge < -0.3 is 4.90 Å². The third-order valence-corrected chi connectivity index (χ3v) is 9.17. The van der Waals surface area contributed by atoms with Gasteiger partial charge in [0.1, 0.15) is 0 Å². The molecule has 0 bridgehead atoms. The number of carbonyl (C=O) groups excluding carboxylic acids is 1. The summed E-state index contributed by atoms with van der Waals surface area (Å²) in [5.74, 6) is -0.0480. The highest BCUT2D eigenvalue weighted by molar-refractivity contribution is 8.00. The predicted molar refractivity (Wildman–Crippen MR) is 112 cm³/mol. The zero-order chi connectivity index (χ0) is 19.9. The van der Waals surface area contributed by atoms with Crippen LogP contribution in [-0.4, -0.2) is 67.5 Å². The number of sulfonamides is 1. The number of hydrogen-bond donors (Lipinski definition) is 0. The Kier molecular flexibility index (Phi) is 5.75. The number of amides is 1. The van der Waals surface area contributed by atoms with Crippen molar-refractivity contribution >= 4 is 33.4 Å². The van der Waals surface area contributed by atoms with Crippen molar-refractivity contribution < 1.29 is 13.2 Å². The lowest BCUT2D eigenvalue weighted by molar-refractivity contribution is -0.116. The van der Waals surface area contributed by atoms with E-state index in [0.717, 1.165) is 23.7 Å². The maximum Gasteiger partial charge on any atom is 0.243 e. The summed E-state index contributed by atoms with van der Waals surface area (Å²) in [7, 11) is -3.55. The molecule has 28 heavy (non-hydrogen) atoms. The molecule has 0 radical (unpaired) electrons. The van der Waals surface area contributed by atoms with Gasteiger partial charge in [-0.15, -0.1) is 11.8 Å². The minimum atomic E-state index is -3.55. The number of benzene rings is 1. The first kappa shape index (κ1) is 20.2. The highest BCUT2D eigenvalue weighted by Crippen LogP contribution is 2.40. The second-order valence-electron chi connectivity index (χ2n) is 8.07. The SMILES string of the molecule is CC(=O)N1C[C@H](C)Sc2ccc(S(=O)(=O)N3CCN(C4CCCC4)CC3)cc21. The van der Waals surface area contributed by atoms with Gasteiger partial charge >= 0.3 is 0 Å². The zero-order valence-electron chi connectivity index (χ0n) is 16.6. The summed E-state index contributed by atoms with van der Waals surface area (Å²) in [6.07, 6.45) is 5.08. The number of anilines is 1. The van der Waals surface area contributed by atoms with Gasteiger partial charge in [-0.05, 0) is 31.0 Å². The van der Waals surface area contributed by atoms with Gasteiger partial charge in [0.05, 0.1) is 10.6 Å². The van der Waals surface area contributed by atoms with E-state index in [1.807, 2.05) is 6.07 Å². The molecule has 6 nitrogen and oxygen atoms in total. The maximum absolute atomic E-state index is 13.2. The van der Waals surface area contributed by atoms with Crippen molar-refractivity contribution in [2.75, 3.05) is 37.6 Å². The number of rotatable bonds is 3. The van der Waals surface area contributed by atoms with Crippen molar-refractivity contribution in [3.8, 4) is 0 Å². The molecule has 1 aliphatic carbocycles. The van der Waals surface area contributed by atoms with Gasteiger partial charge in [-0.2, -0.15) is 4.31 Å². The molecule has 1 amide bonds. The normalized spacial score (nSPS) is 25.1. The minimum absolute atomic E-state index is 0.0480. The van der Waals surface area contributed by atoms with E-state index in [2.05, 4.69) is 11.8 Å². The largest absolute Gasteiger partial charge is 0.310 e. The molecule has 1 saturated carbocycles. The average Bonchev–Trinajstić information content (AvgIpc) is 3.21. The molecule has 1 aromatic carbocycles. The minimum Gasteiger partial charge on any atom is -0.310 e. The third-order valence-electron chi connectivity index (χ3n) is 6.12. The Labute approximate surface area is 172 Å². The summed E-state index contributed by atoms with van der Waals surface area (Å²) in [5, 5.41) is 0.294. The summed E-state index contributed by atoms with van der Waals surface area (Å²) in [4.78, 5) is 17.5. The molecule has 2 fully saturated rings. The quantitative estimate of drug-likeness (QED) is 0.748. The van der Waals surface area contributed by atoms with E-state index < -0.39 is 10.0 Å². The number of fused-ring (bicyclic) bond motifs is 1. The Morgan fingerprint density at radius 3 is 2.43 bits per heavy atom. The first-order valence-electron chi connectivity index (χ1n) is 10.2. The number of thioether (sulfide) groups is 1. The Bertz CT molecular complexity index is 844. The monoisotopic (exact) mass is 423 g/mol. The summed E-state index contributed by atoms with van der Waals surface area (Å²) in [6.45, 7) is 6.92. The number of hydrogen-bond acceptors (Lipinski definition) is 5. The molecule has 8 heteroatoms. The molecular weight excluding hydrogens is 394 g/mol. The lowest BCUT2D eigenvalue weighted by atomic mass is 10.2. The van der Waals surface area contributed by atoms with Crippen LogP contribution < -0.4 is 4.90 Å². The molecule has 1 saturated heterocycles. The van der Waals surface area contributed by atoms with Crippen LogP contribution in [0.25, 0.3) is 0 Å². The second kappa shape index (κ2) is 7.97. The van der Waals surface area contributed by atoms with E-state index in [1.54, 1.807) is 33.1 Å². The number of piperazine rings is 1. The van der Waals surface area contributed by atoms with E-state index in [1.165, 1.54) is 32.6 Å². The first-order valence-corrected chi connectivity index (χ1v) is 12.5. The summed E-state index contributed by atoms with van der Waals surface area (Å²) in [6, 6.07) is 5.87. The van der Waals surface area contributed by atoms with Crippen LogP contribution in [0.3, 0.4) is 0 Å². The molecule has 154 valence electrons. The maximum atomic E-state index is 13.2. The number of carbonyl (C=O) groups is 1. The lowest BCUT2D eigenvalue weighted by Crippen LogP contribution is -2.51. The number of nitrogens with zero attached hydrogens (tertiary/aromatic N) is 3. The van der Waals surface area contributed by atoms with Crippen LogP contribution in [0.2, 0.25) is 0 Å². The van der Waals surface area contributed by atoms with Gasteiger partial charge in [0.2, 0.25) is 15.9 Å². The Morgan fingerprint density at radius 2 is 1.79 bits per heavy atom. The van der Waals surface area contributed by atoms with Crippen LogP contribution in [0.1, 0.15) is 39.5 Å². The van der Waals surface area contributed by atoms with Crippen LogP contribution in [-0.2, 0) is 14.8 Å². The molecule has 4 rings (SSSR count). The van der Waals surface area contributed by atoms with Crippen molar-refractivity contribution in [2.45, 2.75) is 60.6 Å². The van der Waals surface area contributed by atoms with Crippen LogP contribution in [0.15, 0.2) is 28.0 Å². The van der Waals surface area contributed by atoms with E-state index >= 15 is 0 Å². The molecule has 0 spiro atoms. The Hall–Kier alpha value is -1.09. The van der Waals surface area contributed by atoms with E-state index in [0.29, 0.717) is 35.8 Å². The molecule has 0 N–H and O–H groups in total. The van der Waals surface area contributed by atoms with Crippen LogP contribution in [0.5, 0.6) is 0 Å². The fraction of sp³-hybridized carbons (Fsp3) is 0.650. The van der Waals surface area contributed by atoms with Crippen molar-refractivity contribution in [2.24, 2.45) is 0 Å². The first-order chi connectivity index (χ1) is 13.4. The van der Waals surface area contributed by atoms with Gasteiger partial charge in [0.15, 0.2) is 0 Å². The molecule has 0 unspecified atom stereocenters. The third kappa shape index (κ3) is 3.84. The Balaban J connectivity index is 1.53. The van der Waals surface area contributed by atoms with Gasteiger partial charge in [-0.3, -0.25) is 9.69 Å². The fourth-order valence-electron chi connectivity index (χ4n) is 4.60.